The molecule has 2 rings (SSSR count). The van der Waals surface area contributed by atoms with Crippen LogP contribution in [0.4, 0.5) is 0 Å². The van der Waals surface area contributed by atoms with Crippen LogP contribution in [0.5, 0.6) is 0 Å². The molecular weight excluding hydrogens is 212 g/mol. The lowest BCUT2D eigenvalue weighted by Crippen LogP contribution is -2.11. The number of nitrogens with zero attached hydrogens (tertiary/aromatic N) is 3. The molecule has 1 aromatic carbocycles. The molecule has 0 bridgehead atoms. The van der Waals surface area contributed by atoms with Crippen molar-refractivity contribution in [2.75, 3.05) is 6.54 Å². The van der Waals surface area contributed by atoms with Crippen LogP contribution in [0.25, 0.3) is 5.69 Å². The predicted molar refractivity (Wildman–Crippen MR) is 68.2 cm³/mol. The summed E-state index contributed by atoms with van der Waals surface area (Å²) in [5.41, 5.74) is 2.34. The van der Waals surface area contributed by atoms with Crippen molar-refractivity contribution in [2.45, 2.75) is 27.3 Å². The summed E-state index contributed by atoms with van der Waals surface area (Å²) in [7, 11) is 0. The van der Waals surface area contributed by atoms with E-state index in [0.717, 1.165) is 30.4 Å². The van der Waals surface area contributed by atoms with Gasteiger partial charge in [-0.1, -0.05) is 19.1 Å². The van der Waals surface area contributed by atoms with Gasteiger partial charge in [-0.15, -0.1) is 0 Å². The molecule has 0 unspecified atom stereocenters. The van der Waals surface area contributed by atoms with Crippen molar-refractivity contribution >= 4 is 0 Å². The maximum atomic E-state index is 4.36. The summed E-state index contributed by atoms with van der Waals surface area (Å²) in [5.74, 6) is 1.72. The van der Waals surface area contributed by atoms with Gasteiger partial charge in [-0.25, -0.2) is 9.67 Å². The minimum absolute atomic E-state index is 0.805. The molecule has 0 aliphatic heterocycles. The van der Waals surface area contributed by atoms with E-state index in [9.17, 15) is 0 Å². The zero-order valence-corrected chi connectivity index (χ0v) is 10.6. The highest BCUT2D eigenvalue weighted by Crippen LogP contribution is 2.11. The molecule has 1 N–H and O–H groups in total. The van der Waals surface area contributed by atoms with Gasteiger partial charge in [0, 0.05) is 6.54 Å². The van der Waals surface area contributed by atoms with Crippen molar-refractivity contribution in [3.8, 4) is 5.69 Å². The molecule has 0 saturated carbocycles. The van der Waals surface area contributed by atoms with E-state index in [4.69, 9.17) is 0 Å². The van der Waals surface area contributed by atoms with Gasteiger partial charge in [-0.3, -0.25) is 0 Å². The topological polar surface area (TPSA) is 42.7 Å². The molecule has 1 aromatic heterocycles. The third-order valence-corrected chi connectivity index (χ3v) is 2.63. The van der Waals surface area contributed by atoms with Crippen LogP contribution < -0.4 is 5.32 Å². The van der Waals surface area contributed by atoms with Crippen molar-refractivity contribution in [2.24, 2.45) is 0 Å². The molecule has 0 spiro atoms. The van der Waals surface area contributed by atoms with Gasteiger partial charge >= 0.3 is 0 Å². The third-order valence-electron chi connectivity index (χ3n) is 2.63. The Morgan fingerprint density at radius 1 is 1.18 bits per heavy atom. The molecule has 1 heterocycles. The van der Waals surface area contributed by atoms with E-state index in [1.807, 2.05) is 18.5 Å². The first-order chi connectivity index (χ1) is 8.20. The van der Waals surface area contributed by atoms with E-state index in [-0.39, 0.29) is 0 Å². The molecule has 0 amide bonds. The molecular formula is C13H18N4. The molecule has 4 nitrogen and oxygen atoms in total. The van der Waals surface area contributed by atoms with Crippen LogP contribution in [-0.2, 0) is 6.54 Å². The first-order valence-corrected chi connectivity index (χ1v) is 5.91. The minimum atomic E-state index is 0.805. The Balaban J connectivity index is 2.20. The second-order valence-electron chi connectivity index (χ2n) is 4.06. The van der Waals surface area contributed by atoms with Gasteiger partial charge in [-0.2, -0.15) is 5.10 Å². The lowest BCUT2D eigenvalue weighted by atomic mass is 10.2. The molecule has 0 aliphatic carbocycles. The summed E-state index contributed by atoms with van der Waals surface area (Å²) in [6, 6.07) is 8.39. The fourth-order valence-corrected chi connectivity index (χ4v) is 1.79. The van der Waals surface area contributed by atoms with Gasteiger partial charge in [0.05, 0.1) is 5.69 Å². The van der Waals surface area contributed by atoms with Crippen molar-refractivity contribution in [3.05, 3.63) is 41.5 Å². The van der Waals surface area contributed by atoms with Gasteiger partial charge in [0.2, 0.25) is 0 Å². The van der Waals surface area contributed by atoms with E-state index >= 15 is 0 Å². The smallest absolute Gasteiger partial charge is 0.148 e. The van der Waals surface area contributed by atoms with Gasteiger partial charge in [0.15, 0.2) is 0 Å². The lowest BCUT2D eigenvalue weighted by molar-refractivity contribution is 0.726. The quantitative estimate of drug-likeness (QED) is 0.873. The van der Waals surface area contributed by atoms with Crippen molar-refractivity contribution in [1.82, 2.24) is 20.1 Å². The highest BCUT2D eigenvalue weighted by atomic mass is 15.3. The Morgan fingerprint density at radius 3 is 2.41 bits per heavy atom. The number of nitrogens with one attached hydrogen (secondary N) is 1. The molecule has 4 heteroatoms. The molecule has 0 saturated heterocycles. The molecule has 0 radical (unpaired) electrons. The van der Waals surface area contributed by atoms with Crippen molar-refractivity contribution < 1.29 is 0 Å². The molecule has 0 fully saturated rings. The van der Waals surface area contributed by atoms with Crippen LogP contribution in [0.15, 0.2) is 24.3 Å². The van der Waals surface area contributed by atoms with Crippen molar-refractivity contribution in [1.29, 1.82) is 0 Å². The number of hydrogen-bond acceptors (Lipinski definition) is 3. The van der Waals surface area contributed by atoms with Gasteiger partial charge in [0.1, 0.15) is 11.6 Å². The van der Waals surface area contributed by atoms with Gasteiger partial charge in [0.25, 0.3) is 0 Å². The van der Waals surface area contributed by atoms with E-state index in [1.165, 1.54) is 5.56 Å². The molecule has 90 valence electrons. The third kappa shape index (κ3) is 2.71. The van der Waals surface area contributed by atoms with E-state index in [2.05, 4.69) is 46.6 Å². The zero-order chi connectivity index (χ0) is 12.3. The summed E-state index contributed by atoms with van der Waals surface area (Å²) < 4.78 is 1.87. The molecule has 17 heavy (non-hydrogen) atoms. The number of benzene rings is 1. The van der Waals surface area contributed by atoms with Crippen LogP contribution >= 0.6 is 0 Å². The number of aromatic nitrogens is 3. The maximum absolute atomic E-state index is 4.36. The largest absolute Gasteiger partial charge is 0.313 e. The Kier molecular flexibility index (Phi) is 3.54. The fraction of sp³-hybridized carbons (Fsp3) is 0.385. The van der Waals surface area contributed by atoms with Crippen LogP contribution in [0.1, 0.15) is 24.1 Å². The SMILES string of the molecule is CCNCc1ccc(-n2nc(C)nc2C)cc1. The highest BCUT2D eigenvalue weighted by molar-refractivity contribution is 5.34. The Morgan fingerprint density at radius 2 is 1.88 bits per heavy atom. The lowest BCUT2D eigenvalue weighted by Gasteiger charge is -2.05. The maximum Gasteiger partial charge on any atom is 0.148 e. The minimum Gasteiger partial charge on any atom is -0.313 e. The molecule has 0 aliphatic rings. The Bertz CT molecular complexity index is 485. The van der Waals surface area contributed by atoms with Gasteiger partial charge < -0.3 is 5.32 Å². The number of aryl methyl sites for hydroxylation is 2. The average molecular weight is 230 g/mol. The number of hydrogen-bond donors (Lipinski definition) is 1. The van der Waals surface area contributed by atoms with E-state index in [1.54, 1.807) is 0 Å². The van der Waals surface area contributed by atoms with Crippen molar-refractivity contribution in [3.63, 3.8) is 0 Å². The normalized spacial score (nSPS) is 10.8. The summed E-state index contributed by atoms with van der Waals surface area (Å²) in [6.45, 7) is 7.88. The summed E-state index contributed by atoms with van der Waals surface area (Å²) >= 11 is 0. The first-order valence-electron chi connectivity index (χ1n) is 5.91. The average Bonchev–Trinajstić information content (AvgIpc) is 2.66. The van der Waals surface area contributed by atoms with E-state index < -0.39 is 0 Å². The molecule has 2 aromatic rings. The van der Waals surface area contributed by atoms with Crippen LogP contribution in [0.3, 0.4) is 0 Å². The zero-order valence-electron chi connectivity index (χ0n) is 10.6. The monoisotopic (exact) mass is 230 g/mol. The summed E-state index contributed by atoms with van der Waals surface area (Å²) in [5, 5.41) is 7.67. The Hall–Kier alpha value is -1.68. The highest BCUT2D eigenvalue weighted by Gasteiger charge is 2.04. The first kappa shape index (κ1) is 11.8. The van der Waals surface area contributed by atoms with Crippen LogP contribution in [-0.4, -0.2) is 21.3 Å². The predicted octanol–water partition coefficient (Wildman–Crippen LogP) is 1.99. The number of rotatable bonds is 4. The molecule has 0 atom stereocenters. The van der Waals surface area contributed by atoms with Crippen LogP contribution in [0.2, 0.25) is 0 Å². The second-order valence-corrected chi connectivity index (χ2v) is 4.06. The summed E-state index contributed by atoms with van der Waals surface area (Å²) in [4.78, 5) is 4.30. The van der Waals surface area contributed by atoms with Gasteiger partial charge in [-0.05, 0) is 38.1 Å². The fourth-order valence-electron chi connectivity index (χ4n) is 1.79. The second kappa shape index (κ2) is 5.10. The standard InChI is InChI=1S/C13H18N4/c1-4-14-9-12-5-7-13(8-6-12)17-11(3)15-10(2)16-17/h5-8,14H,4,9H2,1-3H3. The van der Waals surface area contributed by atoms with Crippen LogP contribution in [0, 0.1) is 13.8 Å². The summed E-state index contributed by atoms with van der Waals surface area (Å²) in [6.07, 6.45) is 0. The Labute approximate surface area is 102 Å². The van der Waals surface area contributed by atoms with E-state index in [0.29, 0.717) is 0 Å².